The molecular weight excluding hydrogens is 364 g/mol. The summed E-state index contributed by atoms with van der Waals surface area (Å²) < 4.78 is 7.83. The van der Waals surface area contributed by atoms with Gasteiger partial charge in [0.1, 0.15) is 17.3 Å². The smallest absolute Gasteiger partial charge is 0.165 e. The molecular formula is C23H18N4O2. The number of anilines is 1. The number of hydrogen-bond acceptors (Lipinski definition) is 5. The van der Waals surface area contributed by atoms with E-state index in [2.05, 4.69) is 11.1 Å². The lowest BCUT2D eigenvalue weighted by atomic mass is 10.2. The van der Waals surface area contributed by atoms with Crippen molar-refractivity contribution in [2.75, 3.05) is 4.90 Å². The Hall–Kier alpha value is -4.07. The molecule has 1 aliphatic rings. The number of aliphatic imine (C=N–C) groups is 1. The maximum absolute atomic E-state index is 11.5. The molecule has 4 rings (SSSR count). The Morgan fingerprint density at radius 3 is 2.79 bits per heavy atom. The van der Waals surface area contributed by atoms with Crippen LogP contribution in [0, 0.1) is 11.3 Å². The third kappa shape index (κ3) is 3.55. The van der Waals surface area contributed by atoms with Gasteiger partial charge in [0, 0.05) is 11.9 Å². The minimum atomic E-state index is 0.296. The van der Waals surface area contributed by atoms with Crippen LogP contribution in [0.2, 0.25) is 0 Å². The topological polar surface area (TPSA) is 70.6 Å². The average Bonchev–Trinajstić information content (AvgIpc) is 3.14. The number of benzene rings is 2. The highest BCUT2D eigenvalue weighted by Gasteiger charge is 2.19. The van der Waals surface area contributed by atoms with Gasteiger partial charge >= 0.3 is 0 Å². The van der Waals surface area contributed by atoms with Crippen molar-refractivity contribution in [3.63, 3.8) is 0 Å². The number of ether oxygens (including phenoxy) is 1. The molecule has 2 heterocycles. The highest BCUT2D eigenvalue weighted by molar-refractivity contribution is 6.04. The number of fused-ring (bicyclic) bond motifs is 1. The van der Waals surface area contributed by atoms with Crippen molar-refractivity contribution in [2.24, 2.45) is 4.99 Å². The van der Waals surface area contributed by atoms with Crippen LogP contribution in [0.25, 0.3) is 10.9 Å². The Bertz CT molecular complexity index is 1250. The predicted octanol–water partition coefficient (Wildman–Crippen LogP) is 4.41. The number of aromatic nitrogens is 1. The zero-order chi connectivity index (χ0) is 20.4. The van der Waals surface area contributed by atoms with E-state index in [0.717, 1.165) is 22.3 Å². The molecule has 0 spiro atoms. The van der Waals surface area contributed by atoms with Gasteiger partial charge < -0.3 is 9.30 Å². The first kappa shape index (κ1) is 18.3. The van der Waals surface area contributed by atoms with Gasteiger partial charge in [-0.3, -0.25) is 4.90 Å². The van der Waals surface area contributed by atoms with E-state index in [9.17, 15) is 4.79 Å². The van der Waals surface area contributed by atoms with Gasteiger partial charge in [0.15, 0.2) is 12.7 Å². The molecule has 0 amide bonds. The molecule has 142 valence electrons. The van der Waals surface area contributed by atoms with Crippen LogP contribution in [0.15, 0.2) is 77.2 Å². The highest BCUT2D eigenvalue weighted by Crippen LogP contribution is 2.28. The van der Waals surface area contributed by atoms with Gasteiger partial charge in [-0.1, -0.05) is 12.1 Å². The van der Waals surface area contributed by atoms with Crippen molar-refractivity contribution in [3.05, 3.63) is 77.8 Å². The second-order valence-corrected chi connectivity index (χ2v) is 6.71. The lowest BCUT2D eigenvalue weighted by molar-refractivity contribution is 0.241. The summed E-state index contributed by atoms with van der Waals surface area (Å²) in [5.41, 5.74) is 3.54. The van der Waals surface area contributed by atoms with E-state index in [0.29, 0.717) is 29.6 Å². The van der Waals surface area contributed by atoms with Gasteiger partial charge in [-0.15, -0.1) is 0 Å². The Balaban J connectivity index is 1.65. The number of carbonyl (C=O) groups excluding carboxylic acids is 1. The van der Waals surface area contributed by atoms with E-state index in [1.54, 1.807) is 29.2 Å². The monoisotopic (exact) mass is 382 g/mol. The molecule has 0 saturated carbocycles. The normalized spacial score (nSPS) is 13.6. The molecule has 1 aliphatic heterocycles. The molecule has 0 bridgehead atoms. The number of rotatable bonds is 4. The third-order valence-corrected chi connectivity index (χ3v) is 4.70. The standard InChI is InChI=1S/C23H18N4O2/c1-16-10-21(14-28)27(17(2)25-16)20-7-6-19-8-9-26(23(19)12-20)15-29-22-5-3-4-18(11-22)13-24/h3-12H,15H2,1-2H3. The van der Waals surface area contributed by atoms with Gasteiger partial charge in [0.05, 0.1) is 22.8 Å². The Labute approximate surface area is 168 Å². The molecule has 29 heavy (non-hydrogen) atoms. The number of nitrogens with zero attached hydrogens (tertiary/aromatic N) is 4. The second kappa shape index (κ2) is 7.51. The summed E-state index contributed by atoms with van der Waals surface area (Å²) in [7, 11) is 0. The first-order valence-corrected chi connectivity index (χ1v) is 9.10. The fourth-order valence-corrected chi connectivity index (χ4v) is 3.40. The lowest BCUT2D eigenvalue weighted by Gasteiger charge is -2.26. The molecule has 6 nitrogen and oxygen atoms in total. The van der Waals surface area contributed by atoms with Crippen LogP contribution >= 0.6 is 0 Å². The number of nitriles is 1. The van der Waals surface area contributed by atoms with Crippen LogP contribution in [0.4, 0.5) is 5.69 Å². The summed E-state index contributed by atoms with van der Waals surface area (Å²) in [5, 5.41) is 10.1. The molecule has 0 radical (unpaired) electrons. The number of amidine groups is 1. The number of hydrogen-bond donors (Lipinski definition) is 0. The molecule has 2 aromatic carbocycles. The first-order chi connectivity index (χ1) is 14.1. The molecule has 1 aromatic heterocycles. The van der Waals surface area contributed by atoms with Gasteiger partial charge in [-0.25, -0.2) is 9.79 Å². The minimum Gasteiger partial charge on any atom is -0.473 e. The fourth-order valence-electron chi connectivity index (χ4n) is 3.40. The van der Waals surface area contributed by atoms with Gasteiger partial charge in [-0.2, -0.15) is 5.26 Å². The SMILES string of the molecule is CC1=CC(=C=O)N(c2ccc3ccn(COc4cccc(C#N)c4)c3c2)C(C)=N1. The van der Waals surface area contributed by atoms with Crippen molar-refractivity contribution in [3.8, 4) is 11.8 Å². The molecule has 0 unspecified atom stereocenters. The number of allylic oxidation sites excluding steroid dienone is 2. The highest BCUT2D eigenvalue weighted by atomic mass is 16.5. The van der Waals surface area contributed by atoms with Crippen molar-refractivity contribution in [1.82, 2.24) is 4.57 Å². The van der Waals surface area contributed by atoms with Crippen molar-refractivity contribution >= 4 is 28.4 Å². The van der Waals surface area contributed by atoms with Gasteiger partial charge in [-0.05, 0) is 61.7 Å². The molecule has 0 N–H and O–H groups in total. The van der Waals surface area contributed by atoms with Crippen LogP contribution in [0.3, 0.4) is 0 Å². The Morgan fingerprint density at radius 2 is 2.00 bits per heavy atom. The zero-order valence-corrected chi connectivity index (χ0v) is 16.1. The largest absolute Gasteiger partial charge is 0.473 e. The molecule has 6 heteroatoms. The summed E-state index contributed by atoms with van der Waals surface area (Å²) in [6, 6.07) is 17.1. The second-order valence-electron chi connectivity index (χ2n) is 6.71. The van der Waals surface area contributed by atoms with Gasteiger partial charge in [0.25, 0.3) is 0 Å². The Morgan fingerprint density at radius 1 is 1.14 bits per heavy atom. The van der Waals surface area contributed by atoms with Crippen LogP contribution in [0.1, 0.15) is 19.4 Å². The van der Waals surface area contributed by atoms with E-state index < -0.39 is 0 Å². The van der Waals surface area contributed by atoms with Crippen LogP contribution < -0.4 is 9.64 Å². The summed E-state index contributed by atoms with van der Waals surface area (Å²) in [6.07, 6.45) is 3.66. The van der Waals surface area contributed by atoms with E-state index in [1.165, 1.54) is 0 Å². The Kier molecular flexibility index (Phi) is 4.74. The molecule has 0 atom stereocenters. The van der Waals surface area contributed by atoms with E-state index >= 15 is 0 Å². The molecule has 0 aliphatic carbocycles. The van der Waals surface area contributed by atoms with Crippen molar-refractivity contribution in [1.29, 1.82) is 5.26 Å². The first-order valence-electron chi connectivity index (χ1n) is 9.10. The van der Waals surface area contributed by atoms with Crippen molar-refractivity contribution in [2.45, 2.75) is 20.6 Å². The lowest BCUT2D eigenvalue weighted by Crippen LogP contribution is -2.30. The van der Waals surface area contributed by atoms with Crippen LogP contribution in [-0.2, 0) is 11.5 Å². The summed E-state index contributed by atoms with van der Waals surface area (Å²) in [6.45, 7) is 4.01. The van der Waals surface area contributed by atoms with Gasteiger partial charge in [0.2, 0.25) is 0 Å². The summed E-state index contributed by atoms with van der Waals surface area (Å²) in [4.78, 5) is 17.7. The van der Waals surface area contributed by atoms with E-state index in [-0.39, 0.29) is 0 Å². The average molecular weight is 382 g/mol. The minimum absolute atomic E-state index is 0.296. The fraction of sp³-hybridized carbons (Fsp3) is 0.130. The predicted molar refractivity (Wildman–Crippen MR) is 112 cm³/mol. The van der Waals surface area contributed by atoms with E-state index in [4.69, 9.17) is 10.00 Å². The quantitative estimate of drug-likeness (QED) is 0.627. The molecule has 0 fully saturated rings. The summed E-state index contributed by atoms with van der Waals surface area (Å²) >= 11 is 0. The van der Waals surface area contributed by atoms with Crippen LogP contribution in [-0.4, -0.2) is 16.3 Å². The summed E-state index contributed by atoms with van der Waals surface area (Å²) in [5.74, 6) is 3.35. The van der Waals surface area contributed by atoms with Crippen molar-refractivity contribution < 1.29 is 9.53 Å². The van der Waals surface area contributed by atoms with E-state index in [1.807, 2.05) is 60.9 Å². The maximum Gasteiger partial charge on any atom is 0.165 e. The zero-order valence-electron chi connectivity index (χ0n) is 16.1. The molecule has 3 aromatic rings. The molecule has 0 saturated heterocycles. The third-order valence-electron chi connectivity index (χ3n) is 4.70. The maximum atomic E-state index is 11.5. The van der Waals surface area contributed by atoms with Crippen LogP contribution in [0.5, 0.6) is 5.75 Å².